The first kappa shape index (κ1) is 42.2. The van der Waals surface area contributed by atoms with Crippen molar-refractivity contribution in [3.63, 3.8) is 0 Å². The van der Waals surface area contributed by atoms with Gasteiger partial charge in [0, 0.05) is 31.3 Å². The number of carbonyl (C=O) groups excluding carboxylic acids is 4. The minimum atomic E-state index is -1.49. The Labute approximate surface area is 297 Å². The van der Waals surface area contributed by atoms with Gasteiger partial charge in [-0.3, -0.25) is 14.4 Å². The summed E-state index contributed by atoms with van der Waals surface area (Å²) < 4.78 is 5.41. The lowest BCUT2D eigenvalue weighted by Gasteiger charge is -2.35. The lowest BCUT2D eigenvalue weighted by atomic mass is 9.83. The summed E-state index contributed by atoms with van der Waals surface area (Å²) >= 11 is 0. The second-order valence-corrected chi connectivity index (χ2v) is 15.0. The van der Waals surface area contributed by atoms with E-state index in [0.29, 0.717) is 12.2 Å². The average Bonchev–Trinajstić information content (AvgIpc) is 3.54. The first-order chi connectivity index (χ1) is 23.4. The highest BCUT2D eigenvalue weighted by Gasteiger charge is 2.39. The SMILES string of the molecule is CCC(C)CNC(=O)[C@H](C(C)C)[C@@H](O)[C@H](O)[C@H](CC(C)C)NC(=O)[C@H](Cc1cnc[nH]1)NC(=O)[C@H](Cc1ccccc1)NC(=O)OC(C)(C)C. The third kappa shape index (κ3) is 14.5. The Morgan fingerprint density at radius 2 is 1.48 bits per heavy atom. The molecule has 0 aliphatic heterocycles. The van der Waals surface area contributed by atoms with Crippen LogP contribution in [0.3, 0.4) is 0 Å². The van der Waals surface area contributed by atoms with E-state index in [2.05, 4.69) is 31.2 Å². The Kier molecular flexibility index (Phi) is 16.9. The second-order valence-electron chi connectivity index (χ2n) is 15.0. The van der Waals surface area contributed by atoms with Crippen molar-refractivity contribution in [1.29, 1.82) is 0 Å². The van der Waals surface area contributed by atoms with Crippen molar-refractivity contribution >= 4 is 23.8 Å². The summed E-state index contributed by atoms with van der Waals surface area (Å²) in [6.07, 6.45) is 0.520. The second kappa shape index (κ2) is 20.0. The molecular formula is C37H60N6O7. The highest BCUT2D eigenvalue weighted by atomic mass is 16.6. The van der Waals surface area contributed by atoms with Crippen LogP contribution in [-0.2, 0) is 32.0 Å². The minimum Gasteiger partial charge on any atom is -0.444 e. The molecule has 1 heterocycles. The van der Waals surface area contributed by atoms with E-state index in [1.54, 1.807) is 34.6 Å². The third-order valence-electron chi connectivity index (χ3n) is 8.43. The maximum atomic E-state index is 14.0. The number of hydrogen-bond acceptors (Lipinski definition) is 8. The number of nitrogens with zero attached hydrogens (tertiary/aromatic N) is 1. The number of amides is 4. The van der Waals surface area contributed by atoms with E-state index in [1.165, 1.54) is 12.5 Å². The van der Waals surface area contributed by atoms with Gasteiger partial charge >= 0.3 is 6.09 Å². The van der Waals surface area contributed by atoms with Crippen molar-refractivity contribution in [2.45, 2.75) is 124 Å². The number of aromatic nitrogens is 2. The fourth-order valence-corrected chi connectivity index (χ4v) is 5.52. The Morgan fingerprint density at radius 3 is 2.02 bits per heavy atom. The molecule has 13 nitrogen and oxygen atoms in total. The topological polar surface area (TPSA) is 195 Å². The summed E-state index contributed by atoms with van der Waals surface area (Å²) in [4.78, 5) is 60.8. The number of ether oxygens (including phenoxy) is 1. The number of alkyl carbamates (subject to hydrolysis) is 1. The summed E-state index contributed by atoms with van der Waals surface area (Å²) in [5.41, 5.74) is 0.533. The minimum absolute atomic E-state index is 0.00666. The quantitative estimate of drug-likeness (QED) is 0.116. The van der Waals surface area contributed by atoms with Crippen molar-refractivity contribution in [3.8, 4) is 0 Å². The van der Waals surface area contributed by atoms with E-state index >= 15 is 0 Å². The van der Waals surface area contributed by atoms with Crippen LogP contribution in [0.25, 0.3) is 0 Å². The van der Waals surface area contributed by atoms with E-state index in [-0.39, 0.29) is 42.9 Å². The first-order valence-electron chi connectivity index (χ1n) is 17.7. The summed E-state index contributed by atoms with van der Waals surface area (Å²) in [5.74, 6) is -2.62. The molecule has 50 heavy (non-hydrogen) atoms. The van der Waals surface area contributed by atoms with Crippen LogP contribution in [0.15, 0.2) is 42.9 Å². The molecule has 0 aliphatic rings. The largest absolute Gasteiger partial charge is 0.444 e. The van der Waals surface area contributed by atoms with E-state index in [4.69, 9.17) is 4.74 Å². The van der Waals surface area contributed by atoms with Crippen LogP contribution in [0.5, 0.6) is 0 Å². The Hall–Kier alpha value is -3.97. The zero-order valence-corrected chi connectivity index (χ0v) is 31.2. The molecule has 1 aromatic carbocycles. The maximum Gasteiger partial charge on any atom is 0.408 e. The molecule has 2 rings (SSSR count). The van der Waals surface area contributed by atoms with Gasteiger partial charge in [0.1, 0.15) is 23.8 Å². The number of hydrogen-bond donors (Lipinski definition) is 7. The van der Waals surface area contributed by atoms with Crippen molar-refractivity contribution in [1.82, 2.24) is 31.2 Å². The molecule has 1 aromatic heterocycles. The third-order valence-corrected chi connectivity index (χ3v) is 8.43. The van der Waals surface area contributed by atoms with Crippen LogP contribution in [0.1, 0.15) is 86.4 Å². The molecule has 0 aliphatic carbocycles. The fraction of sp³-hybridized carbons (Fsp3) is 0.649. The molecule has 0 radical (unpaired) electrons. The van der Waals surface area contributed by atoms with Crippen molar-refractivity contribution < 1.29 is 34.1 Å². The van der Waals surface area contributed by atoms with E-state index in [1.807, 2.05) is 58.0 Å². The van der Waals surface area contributed by atoms with Crippen LogP contribution in [0, 0.1) is 23.7 Å². The van der Waals surface area contributed by atoms with Gasteiger partial charge < -0.3 is 41.2 Å². The number of H-pyrrole nitrogens is 1. The molecule has 13 heteroatoms. The van der Waals surface area contributed by atoms with Gasteiger partial charge in [0.2, 0.25) is 17.7 Å². The van der Waals surface area contributed by atoms with Crippen LogP contribution in [-0.4, -0.2) is 86.5 Å². The standard InChI is InChI=1S/C37H60N6O7/c1-10-24(6)19-39-35(48)30(23(4)5)32(45)31(44)27(16-22(2)3)41-34(47)29(18-26-20-38-21-40-26)42-33(46)28(17-25-14-12-11-13-15-25)43-36(49)50-37(7,8)9/h11-15,20-24,27-32,44-45H,10,16-19H2,1-9H3,(H,38,40)(H,39,48)(H,41,47)(H,42,46)(H,43,49)/t24?,27-,28-,29-,30+,31+,32+/m0/s1. The van der Waals surface area contributed by atoms with E-state index in [9.17, 15) is 29.4 Å². The van der Waals surface area contributed by atoms with Crippen LogP contribution < -0.4 is 21.3 Å². The lowest BCUT2D eigenvalue weighted by molar-refractivity contribution is -0.137. The summed E-state index contributed by atoms with van der Waals surface area (Å²) in [6.45, 7) is 17.0. The van der Waals surface area contributed by atoms with Crippen molar-refractivity contribution in [2.75, 3.05) is 6.54 Å². The maximum absolute atomic E-state index is 14.0. The molecule has 7 N–H and O–H groups in total. The number of aliphatic hydroxyl groups excluding tert-OH is 2. The predicted octanol–water partition coefficient (Wildman–Crippen LogP) is 3.26. The highest BCUT2D eigenvalue weighted by molar-refractivity contribution is 5.91. The van der Waals surface area contributed by atoms with Gasteiger partial charge in [0.15, 0.2) is 0 Å². The van der Waals surface area contributed by atoms with E-state index in [0.717, 1.165) is 12.0 Å². The average molecular weight is 701 g/mol. The Morgan fingerprint density at radius 1 is 0.860 bits per heavy atom. The zero-order valence-electron chi connectivity index (χ0n) is 31.2. The fourth-order valence-electron chi connectivity index (χ4n) is 5.52. The molecule has 0 spiro atoms. The Bertz CT molecular complexity index is 1330. The van der Waals surface area contributed by atoms with Gasteiger partial charge in [-0.2, -0.15) is 0 Å². The molecular weight excluding hydrogens is 640 g/mol. The first-order valence-corrected chi connectivity index (χ1v) is 17.7. The van der Waals surface area contributed by atoms with Crippen molar-refractivity contribution in [2.24, 2.45) is 23.7 Å². The van der Waals surface area contributed by atoms with Crippen LogP contribution in [0.4, 0.5) is 4.79 Å². The number of nitrogens with one attached hydrogen (secondary N) is 5. The molecule has 4 amide bonds. The number of aliphatic hydroxyl groups is 2. The summed E-state index contributed by atoms with van der Waals surface area (Å²) in [5, 5.41) is 34.1. The monoisotopic (exact) mass is 700 g/mol. The van der Waals surface area contributed by atoms with Gasteiger partial charge in [-0.05, 0) is 50.5 Å². The van der Waals surface area contributed by atoms with Gasteiger partial charge in [-0.25, -0.2) is 9.78 Å². The molecule has 0 saturated heterocycles. The number of rotatable bonds is 19. The normalized spacial score (nSPS) is 16.0. The van der Waals surface area contributed by atoms with Gasteiger partial charge in [0.05, 0.1) is 24.4 Å². The molecule has 280 valence electrons. The summed E-state index contributed by atoms with van der Waals surface area (Å²) in [7, 11) is 0. The molecule has 7 atom stereocenters. The van der Waals surface area contributed by atoms with Gasteiger partial charge in [-0.1, -0.05) is 78.3 Å². The Balaban J connectivity index is 2.36. The predicted molar refractivity (Wildman–Crippen MR) is 192 cm³/mol. The molecule has 0 saturated carbocycles. The number of benzene rings is 1. The zero-order chi connectivity index (χ0) is 37.6. The lowest BCUT2D eigenvalue weighted by Crippen LogP contribution is -2.59. The van der Waals surface area contributed by atoms with Crippen molar-refractivity contribution in [3.05, 3.63) is 54.1 Å². The molecule has 1 unspecified atom stereocenters. The smallest absolute Gasteiger partial charge is 0.408 e. The highest BCUT2D eigenvalue weighted by Crippen LogP contribution is 2.23. The van der Waals surface area contributed by atoms with Gasteiger partial charge in [-0.15, -0.1) is 0 Å². The summed E-state index contributed by atoms with van der Waals surface area (Å²) in [6, 6.07) is 5.91. The molecule has 2 aromatic rings. The number of imidazole rings is 1. The molecule has 0 fully saturated rings. The number of carbonyl (C=O) groups is 4. The number of aromatic amines is 1. The van der Waals surface area contributed by atoms with Gasteiger partial charge in [0.25, 0.3) is 0 Å². The molecule has 0 bridgehead atoms. The van der Waals surface area contributed by atoms with E-state index < -0.39 is 59.8 Å². The van der Waals surface area contributed by atoms with Crippen LogP contribution in [0.2, 0.25) is 0 Å². The van der Waals surface area contributed by atoms with Crippen LogP contribution >= 0.6 is 0 Å².